The normalized spacial score (nSPS) is 10.9. The van der Waals surface area contributed by atoms with E-state index in [0.717, 1.165) is 25.3 Å². The maximum Gasteiger partial charge on any atom is 0.337 e. The van der Waals surface area contributed by atoms with Crippen LogP contribution in [0.2, 0.25) is 0 Å². The van der Waals surface area contributed by atoms with Gasteiger partial charge in [-0.15, -0.1) is 0 Å². The van der Waals surface area contributed by atoms with Gasteiger partial charge < -0.3 is 9.47 Å². The molecule has 2 aromatic rings. The van der Waals surface area contributed by atoms with Crippen molar-refractivity contribution in [3.63, 3.8) is 0 Å². The molecule has 0 aromatic heterocycles. The molecular formula is C17H16FNO6S. The Morgan fingerprint density at radius 1 is 0.962 bits per heavy atom. The zero-order valence-corrected chi connectivity index (χ0v) is 15.0. The van der Waals surface area contributed by atoms with Gasteiger partial charge in [-0.2, -0.15) is 0 Å². The first-order valence-electron chi connectivity index (χ1n) is 7.29. The number of nitrogens with one attached hydrogen (secondary N) is 1. The van der Waals surface area contributed by atoms with Gasteiger partial charge in [-0.3, -0.25) is 4.72 Å². The van der Waals surface area contributed by atoms with Gasteiger partial charge in [0.15, 0.2) is 0 Å². The molecule has 1 N–H and O–H groups in total. The van der Waals surface area contributed by atoms with Crippen molar-refractivity contribution >= 4 is 27.6 Å². The Bertz CT molecular complexity index is 971. The largest absolute Gasteiger partial charge is 0.465 e. The highest BCUT2D eigenvalue weighted by atomic mass is 32.2. The Kier molecular flexibility index (Phi) is 5.61. The number of sulfonamides is 1. The number of methoxy groups -OCH3 is 2. The van der Waals surface area contributed by atoms with Gasteiger partial charge in [0.2, 0.25) is 0 Å². The molecule has 0 heterocycles. The van der Waals surface area contributed by atoms with Crippen molar-refractivity contribution in [1.82, 2.24) is 0 Å². The minimum Gasteiger partial charge on any atom is -0.465 e. The van der Waals surface area contributed by atoms with Crippen molar-refractivity contribution in [3.8, 4) is 0 Å². The van der Waals surface area contributed by atoms with Gasteiger partial charge in [0.25, 0.3) is 10.0 Å². The number of rotatable bonds is 5. The lowest BCUT2D eigenvalue weighted by Gasteiger charge is -2.12. The summed E-state index contributed by atoms with van der Waals surface area (Å²) >= 11 is 0. The summed E-state index contributed by atoms with van der Waals surface area (Å²) in [5.74, 6) is -2.38. The molecular weight excluding hydrogens is 365 g/mol. The zero-order valence-electron chi connectivity index (χ0n) is 14.2. The average molecular weight is 381 g/mol. The van der Waals surface area contributed by atoms with Crippen molar-refractivity contribution in [1.29, 1.82) is 0 Å². The van der Waals surface area contributed by atoms with E-state index < -0.39 is 32.7 Å². The summed E-state index contributed by atoms with van der Waals surface area (Å²) in [5.41, 5.74) is 0.723. The van der Waals surface area contributed by atoms with Gasteiger partial charge in [-0.05, 0) is 48.9 Å². The second-order valence-electron chi connectivity index (χ2n) is 5.26. The van der Waals surface area contributed by atoms with Gasteiger partial charge in [0.05, 0.1) is 31.0 Å². The quantitative estimate of drug-likeness (QED) is 0.799. The predicted octanol–water partition coefficient (Wildman–Crippen LogP) is 2.51. The number of aryl methyl sites for hydroxylation is 1. The van der Waals surface area contributed by atoms with Crippen LogP contribution in [-0.4, -0.2) is 34.6 Å². The van der Waals surface area contributed by atoms with Crippen LogP contribution in [0.4, 0.5) is 10.1 Å². The second kappa shape index (κ2) is 7.52. The number of ether oxygens (including phenoxy) is 2. The molecule has 0 bridgehead atoms. The summed E-state index contributed by atoms with van der Waals surface area (Å²) in [5, 5.41) is 0. The van der Waals surface area contributed by atoms with E-state index in [9.17, 15) is 22.4 Å². The molecule has 0 spiro atoms. The van der Waals surface area contributed by atoms with E-state index in [1.807, 2.05) is 0 Å². The third kappa shape index (κ3) is 3.99. The lowest BCUT2D eigenvalue weighted by molar-refractivity contribution is 0.0591. The molecule has 0 saturated carbocycles. The molecule has 138 valence electrons. The van der Waals surface area contributed by atoms with Crippen LogP contribution in [0.1, 0.15) is 26.3 Å². The summed E-state index contributed by atoms with van der Waals surface area (Å²) in [6, 6.07) is 7.05. The maximum atomic E-state index is 14.0. The maximum absolute atomic E-state index is 14.0. The molecule has 26 heavy (non-hydrogen) atoms. The zero-order chi connectivity index (χ0) is 19.5. The SMILES string of the molecule is COC(=O)c1ccc(NS(=O)(=O)c2cc(C(=O)OC)ccc2F)c(C)c1. The smallest absolute Gasteiger partial charge is 0.337 e. The van der Waals surface area contributed by atoms with Crippen LogP contribution in [0, 0.1) is 12.7 Å². The number of halogens is 1. The summed E-state index contributed by atoms with van der Waals surface area (Å²) in [4.78, 5) is 22.3. The van der Waals surface area contributed by atoms with Crippen LogP contribution in [0.15, 0.2) is 41.3 Å². The summed E-state index contributed by atoms with van der Waals surface area (Å²) in [6.07, 6.45) is 0. The highest BCUT2D eigenvalue weighted by Crippen LogP contribution is 2.24. The Labute approximate surface area is 149 Å². The molecule has 7 nitrogen and oxygen atoms in total. The van der Waals surface area contributed by atoms with E-state index in [1.165, 1.54) is 25.3 Å². The van der Waals surface area contributed by atoms with Crippen molar-refractivity contribution in [2.75, 3.05) is 18.9 Å². The van der Waals surface area contributed by atoms with Gasteiger partial charge in [-0.25, -0.2) is 22.4 Å². The van der Waals surface area contributed by atoms with Crippen LogP contribution < -0.4 is 4.72 Å². The molecule has 0 aliphatic rings. The summed E-state index contributed by atoms with van der Waals surface area (Å²) in [6.45, 7) is 1.57. The fraction of sp³-hybridized carbons (Fsp3) is 0.176. The highest BCUT2D eigenvalue weighted by Gasteiger charge is 2.22. The van der Waals surface area contributed by atoms with Crippen molar-refractivity contribution < 1.29 is 31.9 Å². The lowest BCUT2D eigenvalue weighted by atomic mass is 10.1. The summed E-state index contributed by atoms with van der Waals surface area (Å²) in [7, 11) is -1.96. The Morgan fingerprint density at radius 3 is 2.04 bits per heavy atom. The number of carbonyl (C=O) groups is 2. The first-order valence-corrected chi connectivity index (χ1v) is 8.77. The van der Waals surface area contributed by atoms with Crippen LogP contribution in [0.5, 0.6) is 0 Å². The van der Waals surface area contributed by atoms with Gasteiger partial charge in [0, 0.05) is 0 Å². The van der Waals surface area contributed by atoms with Crippen molar-refractivity contribution in [2.24, 2.45) is 0 Å². The number of esters is 2. The van der Waals surface area contributed by atoms with Crippen molar-refractivity contribution in [2.45, 2.75) is 11.8 Å². The van der Waals surface area contributed by atoms with Gasteiger partial charge >= 0.3 is 11.9 Å². The second-order valence-corrected chi connectivity index (χ2v) is 6.91. The number of carbonyl (C=O) groups excluding carboxylic acids is 2. The number of hydrogen-bond acceptors (Lipinski definition) is 6. The molecule has 0 fully saturated rings. The standard InChI is InChI=1S/C17H16FNO6S/c1-10-8-11(16(20)24-2)5-7-14(10)19-26(22,23)15-9-12(17(21)25-3)4-6-13(15)18/h4-9,19H,1-3H3. The Hall–Kier alpha value is -2.94. The van der Waals surface area contributed by atoms with E-state index in [0.29, 0.717) is 5.56 Å². The fourth-order valence-electron chi connectivity index (χ4n) is 2.18. The minimum absolute atomic E-state index is 0.105. The topological polar surface area (TPSA) is 98.8 Å². The predicted molar refractivity (Wildman–Crippen MR) is 91.1 cm³/mol. The van der Waals surface area contributed by atoms with Crippen LogP contribution in [0.3, 0.4) is 0 Å². The third-order valence-corrected chi connectivity index (χ3v) is 4.91. The van der Waals surface area contributed by atoms with Crippen LogP contribution in [-0.2, 0) is 19.5 Å². The molecule has 2 aromatic carbocycles. The Morgan fingerprint density at radius 2 is 1.50 bits per heavy atom. The van der Waals surface area contributed by atoms with E-state index in [4.69, 9.17) is 0 Å². The molecule has 0 unspecified atom stereocenters. The van der Waals surface area contributed by atoms with Gasteiger partial charge in [-0.1, -0.05) is 0 Å². The molecule has 0 amide bonds. The Balaban J connectivity index is 2.40. The van der Waals surface area contributed by atoms with E-state index in [1.54, 1.807) is 6.92 Å². The monoisotopic (exact) mass is 381 g/mol. The van der Waals surface area contributed by atoms with Crippen molar-refractivity contribution in [3.05, 3.63) is 58.9 Å². The van der Waals surface area contributed by atoms with Crippen LogP contribution >= 0.6 is 0 Å². The minimum atomic E-state index is -4.32. The highest BCUT2D eigenvalue weighted by molar-refractivity contribution is 7.92. The summed E-state index contributed by atoms with van der Waals surface area (Å²) < 4.78 is 50.4. The molecule has 0 atom stereocenters. The van der Waals surface area contributed by atoms with Gasteiger partial charge in [0.1, 0.15) is 10.7 Å². The van der Waals surface area contributed by atoms with Crippen LogP contribution in [0.25, 0.3) is 0 Å². The molecule has 2 rings (SSSR count). The first-order chi connectivity index (χ1) is 12.2. The fourth-order valence-corrected chi connectivity index (χ4v) is 3.41. The van der Waals surface area contributed by atoms with E-state index in [-0.39, 0.29) is 16.8 Å². The molecule has 0 radical (unpaired) electrons. The lowest BCUT2D eigenvalue weighted by Crippen LogP contribution is -2.16. The number of hydrogen-bond donors (Lipinski definition) is 1. The first kappa shape index (κ1) is 19.4. The van der Waals surface area contributed by atoms with E-state index >= 15 is 0 Å². The third-order valence-electron chi connectivity index (χ3n) is 3.53. The number of benzene rings is 2. The molecule has 0 aliphatic heterocycles. The molecule has 0 saturated heterocycles. The average Bonchev–Trinajstić information content (AvgIpc) is 2.62. The molecule has 9 heteroatoms. The number of anilines is 1. The molecule has 0 aliphatic carbocycles. The van der Waals surface area contributed by atoms with E-state index in [2.05, 4.69) is 14.2 Å².